The third-order valence-corrected chi connectivity index (χ3v) is 4.24. The quantitative estimate of drug-likeness (QED) is 0.496. The second kappa shape index (κ2) is 6.34. The highest BCUT2D eigenvalue weighted by molar-refractivity contribution is 6.07. The maximum absolute atomic E-state index is 12.5. The van der Waals surface area contributed by atoms with Crippen LogP contribution >= 0.6 is 0 Å². The van der Waals surface area contributed by atoms with Crippen molar-refractivity contribution >= 4 is 23.1 Å². The Hall–Kier alpha value is -3.23. The molecule has 2 aromatic rings. The lowest BCUT2D eigenvalue weighted by Gasteiger charge is -2.14. The highest BCUT2D eigenvalue weighted by Gasteiger charge is 2.31. The molecule has 25 heavy (non-hydrogen) atoms. The molecule has 0 radical (unpaired) electrons. The van der Waals surface area contributed by atoms with E-state index in [1.165, 1.54) is 24.4 Å². The summed E-state index contributed by atoms with van der Waals surface area (Å²) in [5.41, 5.74) is 0.138. The van der Waals surface area contributed by atoms with Crippen molar-refractivity contribution in [3.63, 3.8) is 0 Å². The Labute approximate surface area is 143 Å². The molecular formula is C16H17N5O4. The van der Waals surface area contributed by atoms with Crippen LogP contribution in [0.25, 0.3) is 0 Å². The maximum Gasteiger partial charge on any atom is 0.293 e. The van der Waals surface area contributed by atoms with Crippen molar-refractivity contribution in [3.8, 4) is 0 Å². The highest BCUT2D eigenvalue weighted by Crippen LogP contribution is 2.28. The van der Waals surface area contributed by atoms with Crippen LogP contribution in [0, 0.1) is 10.1 Å². The zero-order chi connectivity index (χ0) is 18.1. The summed E-state index contributed by atoms with van der Waals surface area (Å²) in [6.07, 6.45) is 3.68. The zero-order valence-electron chi connectivity index (χ0n) is 13.8. The van der Waals surface area contributed by atoms with Gasteiger partial charge in [-0.1, -0.05) is 0 Å². The Bertz CT molecular complexity index is 860. The van der Waals surface area contributed by atoms with Gasteiger partial charge in [-0.05, 0) is 18.6 Å². The second-order valence-electron chi connectivity index (χ2n) is 5.93. The Balaban J connectivity index is 1.91. The highest BCUT2D eigenvalue weighted by atomic mass is 16.6. The molecule has 3 rings (SSSR count). The van der Waals surface area contributed by atoms with Crippen LogP contribution < -0.4 is 5.32 Å². The number of hydrogen-bond acceptors (Lipinski definition) is 6. The van der Waals surface area contributed by atoms with E-state index in [-0.39, 0.29) is 28.7 Å². The fourth-order valence-corrected chi connectivity index (χ4v) is 2.80. The van der Waals surface area contributed by atoms with E-state index in [2.05, 4.69) is 10.3 Å². The first-order valence-corrected chi connectivity index (χ1v) is 7.70. The monoisotopic (exact) mass is 343 g/mol. The first kappa shape index (κ1) is 16.6. The van der Waals surface area contributed by atoms with Crippen molar-refractivity contribution in [2.24, 2.45) is 7.05 Å². The molecule has 0 aliphatic carbocycles. The van der Waals surface area contributed by atoms with Gasteiger partial charge in [0.05, 0.1) is 4.92 Å². The summed E-state index contributed by atoms with van der Waals surface area (Å²) in [6, 6.07) is 3.66. The summed E-state index contributed by atoms with van der Waals surface area (Å²) in [6.45, 7) is 0.597. The number of anilines is 1. The van der Waals surface area contributed by atoms with Gasteiger partial charge in [0.2, 0.25) is 11.7 Å². The summed E-state index contributed by atoms with van der Waals surface area (Å²) >= 11 is 0. The number of likely N-dealkylation sites (N-methyl/N-ethyl adjacent to an activating group) is 1. The molecule has 0 saturated carbocycles. The van der Waals surface area contributed by atoms with Crippen LogP contribution in [0.4, 0.5) is 11.4 Å². The van der Waals surface area contributed by atoms with E-state index in [9.17, 15) is 19.7 Å². The molecule has 1 atom stereocenters. The number of benzene rings is 1. The van der Waals surface area contributed by atoms with Crippen molar-refractivity contribution in [3.05, 3.63) is 52.1 Å². The summed E-state index contributed by atoms with van der Waals surface area (Å²) < 4.78 is 1.55. The molecule has 1 aromatic heterocycles. The number of carbonyl (C=O) groups is 2. The van der Waals surface area contributed by atoms with Gasteiger partial charge in [-0.2, -0.15) is 0 Å². The molecule has 1 unspecified atom stereocenters. The van der Waals surface area contributed by atoms with E-state index in [0.717, 1.165) is 0 Å². The number of likely N-dealkylation sites (tertiary alicyclic amines) is 1. The number of nitro groups is 1. The molecule has 9 heteroatoms. The predicted octanol–water partition coefficient (Wildman–Crippen LogP) is 1.20. The summed E-state index contributed by atoms with van der Waals surface area (Å²) in [7, 11) is 3.36. The van der Waals surface area contributed by atoms with Gasteiger partial charge in [-0.25, -0.2) is 4.98 Å². The van der Waals surface area contributed by atoms with Crippen LogP contribution in [0.15, 0.2) is 30.6 Å². The maximum atomic E-state index is 12.5. The number of nitrogens with one attached hydrogen (secondary N) is 1. The number of nitrogens with zero attached hydrogens (tertiary/aromatic N) is 4. The molecule has 0 bridgehead atoms. The first-order chi connectivity index (χ1) is 11.9. The molecular weight excluding hydrogens is 326 g/mol. The third-order valence-electron chi connectivity index (χ3n) is 4.24. The topological polar surface area (TPSA) is 110 Å². The zero-order valence-corrected chi connectivity index (χ0v) is 13.8. The lowest BCUT2D eigenvalue weighted by atomic mass is 10.1. The van der Waals surface area contributed by atoms with Crippen molar-refractivity contribution < 1.29 is 14.5 Å². The van der Waals surface area contributed by atoms with Crippen LogP contribution in [0.1, 0.15) is 22.6 Å². The van der Waals surface area contributed by atoms with E-state index < -0.39 is 16.7 Å². The number of aryl methyl sites for hydroxylation is 1. The number of hydrogen-bond donors (Lipinski definition) is 1. The van der Waals surface area contributed by atoms with Crippen LogP contribution in [0.2, 0.25) is 0 Å². The Morgan fingerprint density at radius 2 is 2.16 bits per heavy atom. The fourth-order valence-electron chi connectivity index (χ4n) is 2.80. The van der Waals surface area contributed by atoms with Crippen molar-refractivity contribution in [2.75, 3.05) is 18.9 Å². The average Bonchev–Trinajstić information content (AvgIpc) is 3.15. The predicted molar refractivity (Wildman–Crippen MR) is 89.4 cm³/mol. The van der Waals surface area contributed by atoms with Gasteiger partial charge in [0, 0.05) is 44.7 Å². The van der Waals surface area contributed by atoms with E-state index in [1.807, 2.05) is 0 Å². The third kappa shape index (κ3) is 3.08. The largest absolute Gasteiger partial charge is 0.368 e. The molecule has 1 N–H and O–H groups in total. The number of amides is 1. The Kier molecular flexibility index (Phi) is 4.22. The van der Waals surface area contributed by atoms with Crippen LogP contribution in [-0.4, -0.2) is 50.7 Å². The molecule has 1 saturated heterocycles. The molecule has 1 aromatic carbocycles. The minimum Gasteiger partial charge on any atom is -0.368 e. The van der Waals surface area contributed by atoms with E-state index >= 15 is 0 Å². The number of nitro benzene ring substituents is 1. The SMILES string of the molecule is CN1CCC(Nc2ccc(C(=O)c3nccn3C)cc2[N+](=O)[O-])C1=O. The van der Waals surface area contributed by atoms with E-state index in [1.54, 1.807) is 29.8 Å². The van der Waals surface area contributed by atoms with E-state index in [0.29, 0.717) is 13.0 Å². The van der Waals surface area contributed by atoms with Gasteiger partial charge in [-0.15, -0.1) is 0 Å². The molecule has 130 valence electrons. The van der Waals surface area contributed by atoms with Crippen LogP contribution in [0.5, 0.6) is 0 Å². The van der Waals surface area contributed by atoms with Gasteiger partial charge in [0.15, 0.2) is 5.82 Å². The number of ketones is 1. The minimum absolute atomic E-state index is 0.109. The van der Waals surface area contributed by atoms with Crippen molar-refractivity contribution in [1.82, 2.24) is 14.5 Å². The number of imidazole rings is 1. The number of aromatic nitrogens is 2. The standard InChI is InChI=1S/C16H17N5O4/c1-19-8-6-17-15(19)14(22)10-3-4-11(13(9-10)21(24)25)18-12-5-7-20(2)16(12)23/h3-4,6,8-9,12,18H,5,7H2,1-2H3. The van der Waals surface area contributed by atoms with Crippen LogP contribution in [0.3, 0.4) is 0 Å². The Morgan fingerprint density at radius 1 is 1.40 bits per heavy atom. The van der Waals surface area contributed by atoms with Gasteiger partial charge < -0.3 is 14.8 Å². The molecule has 9 nitrogen and oxygen atoms in total. The molecule has 1 amide bonds. The minimum atomic E-state index is -0.569. The fraction of sp³-hybridized carbons (Fsp3) is 0.312. The smallest absolute Gasteiger partial charge is 0.293 e. The first-order valence-electron chi connectivity index (χ1n) is 7.70. The summed E-state index contributed by atoms with van der Waals surface area (Å²) in [5.74, 6) is -0.316. The second-order valence-corrected chi connectivity index (χ2v) is 5.93. The van der Waals surface area contributed by atoms with Gasteiger partial charge in [0.1, 0.15) is 11.7 Å². The number of carbonyl (C=O) groups excluding carboxylic acids is 2. The lowest BCUT2D eigenvalue weighted by molar-refractivity contribution is -0.384. The van der Waals surface area contributed by atoms with Gasteiger partial charge in [0.25, 0.3) is 5.69 Å². The summed E-state index contributed by atoms with van der Waals surface area (Å²) in [5, 5.41) is 14.3. The molecule has 1 fully saturated rings. The lowest BCUT2D eigenvalue weighted by Crippen LogP contribution is -2.31. The van der Waals surface area contributed by atoms with Crippen LogP contribution in [-0.2, 0) is 11.8 Å². The summed E-state index contributed by atoms with van der Waals surface area (Å²) in [4.78, 5) is 40.8. The molecule has 2 heterocycles. The van der Waals surface area contributed by atoms with Crippen molar-refractivity contribution in [1.29, 1.82) is 0 Å². The van der Waals surface area contributed by atoms with Gasteiger partial charge >= 0.3 is 0 Å². The molecule has 1 aliphatic rings. The number of rotatable bonds is 5. The normalized spacial score (nSPS) is 17.0. The van der Waals surface area contributed by atoms with Crippen molar-refractivity contribution in [2.45, 2.75) is 12.5 Å². The van der Waals surface area contributed by atoms with Gasteiger partial charge in [-0.3, -0.25) is 19.7 Å². The average molecular weight is 343 g/mol. The van der Waals surface area contributed by atoms with E-state index in [4.69, 9.17) is 0 Å². The Morgan fingerprint density at radius 3 is 2.72 bits per heavy atom. The molecule has 1 aliphatic heterocycles. The molecule has 0 spiro atoms.